The predicted octanol–water partition coefficient (Wildman–Crippen LogP) is 2.42. The standard InChI is InChI=1S/C13H11N3O3/c17-12(18)9-6-11(8-14-7-9)16-13(19)15-10-4-2-1-3-5-10/h1-8H,(H,17,18)(H2,15,16,19). The molecule has 1 aromatic heterocycles. The number of nitrogens with one attached hydrogen (secondary N) is 2. The van der Waals surface area contributed by atoms with Gasteiger partial charge in [-0.15, -0.1) is 0 Å². The number of hydrogen-bond acceptors (Lipinski definition) is 3. The fourth-order valence-electron chi connectivity index (χ4n) is 1.44. The molecule has 2 amide bonds. The van der Waals surface area contributed by atoms with E-state index in [0.717, 1.165) is 0 Å². The fourth-order valence-corrected chi connectivity index (χ4v) is 1.44. The van der Waals surface area contributed by atoms with E-state index < -0.39 is 12.0 Å². The van der Waals surface area contributed by atoms with E-state index in [1.54, 1.807) is 24.3 Å². The molecule has 6 nitrogen and oxygen atoms in total. The van der Waals surface area contributed by atoms with E-state index >= 15 is 0 Å². The third kappa shape index (κ3) is 3.53. The van der Waals surface area contributed by atoms with E-state index in [2.05, 4.69) is 15.6 Å². The number of nitrogens with zero attached hydrogens (tertiary/aromatic N) is 1. The summed E-state index contributed by atoms with van der Waals surface area (Å²) in [6.07, 6.45) is 2.58. The molecule has 2 aromatic rings. The number of aromatic carboxylic acids is 1. The number of carboxylic acids is 1. The number of carboxylic acid groups (broad SMARTS) is 1. The van der Waals surface area contributed by atoms with E-state index in [4.69, 9.17) is 5.11 Å². The highest BCUT2D eigenvalue weighted by Gasteiger charge is 2.06. The van der Waals surface area contributed by atoms with Gasteiger partial charge in [-0.2, -0.15) is 0 Å². The Bertz CT molecular complexity index is 599. The van der Waals surface area contributed by atoms with E-state index in [1.165, 1.54) is 18.5 Å². The van der Waals surface area contributed by atoms with Crippen LogP contribution in [0.2, 0.25) is 0 Å². The number of carbonyl (C=O) groups is 2. The molecule has 1 aromatic carbocycles. The topological polar surface area (TPSA) is 91.3 Å². The van der Waals surface area contributed by atoms with Crippen molar-refractivity contribution in [1.82, 2.24) is 4.98 Å². The number of anilines is 2. The molecular formula is C13H11N3O3. The van der Waals surface area contributed by atoms with Crippen LogP contribution in [0.25, 0.3) is 0 Å². The molecular weight excluding hydrogens is 246 g/mol. The summed E-state index contributed by atoms with van der Waals surface area (Å²) in [6, 6.07) is 9.78. The molecule has 0 radical (unpaired) electrons. The summed E-state index contributed by atoms with van der Waals surface area (Å²) < 4.78 is 0. The smallest absolute Gasteiger partial charge is 0.337 e. The van der Waals surface area contributed by atoms with Crippen molar-refractivity contribution in [3.63, 3.8) is 0 Å². The summed E-state index contributed by atoms with van der Waals surface area (Å²) in [5.41, 5.74) is 0.966. The Balaban J connectivity index is 2.03. The van der Waals surface area contributed by atoms with Crippen LogP contribution < -0.4 is 10.6 Å². The highest BCUT2D eigenvalue weighted by molar-refractivity contribution is 6.00. The Kier molecular flexibility index (Phi) is 3.72. The minimum Gasteiger partial charge on any atom is -0.478 e. The summed E-state index contributed by atoms with van der Waals surface area (Å²) in [4.78, 5) is 26.2. The number of carbonyl (C=O) groups excluding carboxylic acids is 1. The molecule has 19 heavy (non-hydrogen) atoms. The molecule has 0 atom stereocenters. The second kappa shape index (κ2) is 5.63. The third-order valence-electron chi connectivity index (χ3n) is 2.27. The van der Waals surface area contributed by atoms with Gasteiger partial charge in [0.2, 0.25) is 0 Å². The van der Waals surface area contributed by atoms with Crippen molar-refractivity contribution in [3.8, 4) is 0 Å². The molecule has 0 bridgehead atoms. The van der Waals surface area contributed by atoms with Gasteiger partial charge in [-0.05, 0) is 18.2 Å². The lowest BCUT2D eigenvalue weighted by Crippen LogP contribution is -2.19. The number of rotatable bonds is 3. The molecule has 3 N–H and O–H groups in total. The normalized spacial score (nSPS) is 9.68. The number of aromatic nitrogens is 1. The zero-order valence-corrected chi connectivity index (χ0v) is 9.83. The number of benzene rings is 1. The number of para-hydroxylation sites is 1. The van der Waals surface area contributed by atoms with Crippen molar-refractivity contribution in [2.45, 2.75) is 0 Å². The molecule has 0 spiro atoms. The Morgan fingerprint density at radius 2 is 1.68 bits per heavy atom. The molecule has 96 valence electrons. The zero-order chi connectivity index (χ0) is 13.7. The van der Waals surface area contributed by atoms with Gasteiger partial charge in [0.1, 0.15) is 0 Å². The van der Waals surface area contributed by atoms with Crippen molar-refractivity contribution in [2.24, 2.45) is 0 Å². The first kappa shape index (κ1) is 12.6. The largest absolute Gasteiger partial charge is 0.478 e. The van der Waals surface area contributed by atoms with E-state index in [0.29, 0.717) is 11.4 Å². The van der Waals surface area contributed by atoms with Crippen LogP contribution in [-0.2, 0) is 0 Å². The van der Waals surface area contributed by atoms with Crippen LogP contribution in [0.4, 0.5) is 16.2 Å². The summed E-state index contributed by atoms with van der Waals surface area (Å²) in [5, 5.41) is 13.9. The van der Waals surface area contributed by atoms with E-state index in [-0.39, 0.29) is 5.56 Å². The number of urea groups is 1. The Hall–Kier alpha value is -2.89. The highest BCUT2D eigenvalue weighted by Crippen LogP contribution is 2.10. The predicted molar refractivity (Wildman–Crippen MR) is 70.3 cm³/mol. The van der Waals surface area contributed by atoms with Crippen LogP contribution in [-0.4, -0.2) is 22.1 Å². The summed E-state index contributed by atoms with van der Waals surface area (Å²) in [5.74, 6) is -1.10. The zero-order valence-electron chi connectivity index (χ0n) is 9.83. The van der Waals surface area contributed by atoms with Crippen molar-refractivity contribution >= 4 is 23.4 Å². The Labute approximate surface area is 109 Å². The minimum absolute atomic E-state index is 0.0116. The molecule has 0 aliphatic carbocycles. The number of amides is 2. The molecule has 0 fully saturated rings. The average molecular weight is 257 g/mol. The Morgan fingerprint density at radius 1 is 1.00 bits per heavy atom. The van der Waals surface area contributed by atoms with Crippen LogP contribution >= 0.6 is 0 Å². The molecule has 6 heteroatoms. The third-order valence-corrected chi connectivity index (χ3v) is 2.27. The number of pyridine rings is 1. The maximum absolute atomic E-state index is 11.7. The summed E-state index contributed by atoms with van der Waals surface area (Å²) in [7, 11) is 0. The SMILES string of the molecule is O=C(Nc1ccccc1)Nc1cncc(C(=O)O)c1. The van der Waals surface area contributed by atoms with Gasteiger partial charge in [0.25, 0.3) is 0 Å². The van der Waals surface area contributed by atoms with Crippen LogP contribution in [0, 0.1) is 0 Å². The fraction of sp³-hybridized carbons (Fsp3) is 0. The maximum atomic E-state index is 11.7. The van der Waals surface area contributed by atoms with E-state index in [1.807, 2.05) is 6.07 Å². The number of hydrogen-bond donors (Lipinski definition) is 3. The van der Waals surface area contributed by atoms with Crippen molar-refractivity contribution < 1.29 is 14.7 Å². The van der Waals surface area contributed by atoms with Gasteiger partial charge in [-0.1, -0.05) is 18.2 Å². The lowest BCUT2D eigenvalue weighted by Gasteiger charge is -2.07. The molecule has 0 unspecified atom stereocenters. The lowest BCUT2D eigenvalue weighted by atomic mass is 10.2. The van der Waals surface area contributed by atoms with Gasteiger partial charge in [-0.3, -0.25) is 4.98 Å². The van der Waals surface area contributed by atoms with Crippen LogP contribution in [0.15, 0.2) is 48.8 Å². The monoisotopic (exact) mass is 257 g/mol. The van der Waals surface area contributed by atoms with Crippen molar-refractivity contribution in [2.75, 3.05) is 10.6 Å². The van der Waals surface area contributed by atoms with Crippen molar-refractivity contribution in [1.29, 1.82) is 0 Å². The summed E-state index contributed by atoms with van der Waals surface area (Å²) in [6.45, 7) is 0. The van der Waals surface area contributed by atoms with Gasteiger partial charge < -0.3 is 15.7 Å². The van der Waals surface area contributed by atoms with Crippen molar-refractivity contribution in [3.05, 3.63) is 54.4 Å². The van der Waals surface area contributed by atoms with Gasteiger partial charge in [0.05, 0.1) is 17.4 Å². The van der Waals surface area contributed by atoms with Gasteiger partial charge >= 0.3 is 12.0 Å². The molecule has 0 aliphatic rings. The second-order valence-electron chi connectivity index (χ2n) is 3.71. The molecule has 0 saturated carbocycles. The molecule has 2 rings (SSSR count). The molecule has 0 saturated heterocycles. The first-order valence-corrected chi connectivity index (χ1v) is 5.46. The van der Waals surface area contributed by atoms with Gasteiger partial charge in [-0.25, -0.2) is 9.59 Å². The van der Waals surface area contributed by atoms with E-state index in [9.17, 15) is 9.59 Å². The van der Waals surface area contributed by atoms with Gasteiger partial charge in [0, 0.05) is 11.9 Å². The van der Waals surface area contributed by atoms with Crippen LogP contribution in [0.1, 0.15) is 10.4 Å². The highest BCUT2D eigenvalue weighted by atomic mass is 16.4. The summed E-state index contributed by atoms with van der Waals surface area (Å²) >= 11 is 0. The average Bonchev–Trinajstić information content (AvgIpc) is 2.40. The van der Waals surface area contributed by atoms with Crippen LogP contribution in [0.5, 0.6) is 0 Å². The first-order chi connectivity index (χ1) is 9.15. The minimum atomic E-state index is -1.10. The maximum Gasteiger partial charge on any atom is 0.337 e. The first-order valence-electron chi connectivity index (χ1n) is 5.46. The quantitative estimate of drug-likeness (QED) is 0.787. The molecule has 1 heterocycles. The Morgan fingerprint density at radius 3 is 2.37 bits per heavy atom. The van der Waals surface area contributed by atoms with Gasteiger partial charge in [0.15, 0.2) is 0 Å². The molecule has 0 aliphatic heterocycles. The second-order valence-corrected chi connectivity index (χ2v) is 3.71. The van der Waals surface area contributed by atoms with Crippen LogP contribution in [0.3, 0.4) is 0 Å². The lowest BCUT2D eigenvalue weighted by molar-refractivity contribution is 0.0696.